The highest BCUT2D eigenvalue weighted by Crippen LogP contribution is 2.16. The molecule has 1 heterocycles. The SMILES string of the molecule is C=CC(C(=O)O)C1CC(=O)N1. The summed E-state index contributed by atoms with van der Waals surface area (Å²) < 4.78 is 0. The zero-order valence-corrected chi connectivity index (χ0v) is 5.91. The van der Waals surface area contributed by atoms with Gasteiger partial charge >= 0.3 is 5.97 Å². The summed E-state index contributed by atoms with van der Waals surface area (Å²) in [6, 6.07) is -0.252. The predicted octanol–water partition coefficient (Wildman–Crippen LogP) is -0.238. The quantitative estimate of drug-likeness (QED) is 0.436. The standard InChI is InChI=1S/C7H9NO3/c1-2-4(7(10)11)5-3-6(9)8-5/h2,4-5H,1,3H2,(H,8,9)(H,10,11). The van der Waals surface area contributed by atoms with Gasteiger partial charge in [0, 0.05) is 6.42 Å². The molecular weight excluding hydrogens is 146 g/mol. The number of carboxylic acid groups (broad SMARTS) is 1. The van der Waals surface area contributed by atoms with Crippen molar-refractivity contribution in [2.75, 3.05) is 0 Å². The molecule has 0 bridgehead atoms. The van der Waals surface area contributed by atoms with Gasteiger partial charge in [0.2, 0.25) is 5.91 Å². The van der Waals surface area contributed by atoms with E-state index >= 15 is 0 Å². The van der Waals surface area contributed by atoms with Crippen molar-refractivity contribution in [2.45, 2.75) is 12.5 Å². The van der Waals surface area contributed by atoms with Crippen LogP contribution in [0.3, 0.4) is 0 Å². The molecule has 1 saturated heterocycles. The van der Waals surface area contributed by atoms with Crippen molar-refractivity contribution in [3.8, 4) is 0 Å². The van der Waals surface area contributed by atoms with E-state index in [1.54, 1.807) is 0 Å². The summed E-state index contributed by atoms with van der Waals surface area (Å²) >= 11 is 0. The van der Waals surface area contributed by atoms with E-state index in [2.05, 4.69) is 11.9 Å². The maximum Gasteiger partial charge on any atom is 0.312 e. The fraction of sp³-hybridized carbons (Fsp3) is 0.429. The fourth-order valence-corrected chi connectivity index (χ4v) is 1.04. The Balaban J connectivity index is 2.50. The summed E-state index contributed by atoms with van der Waals surface area (Å²) in [5.41, 5.74) is 0. The number of carbonyl (C=O) groups is 2. The third-order valence-corrected chi connectivity index (χ3v) is 1.72. The molecule has 1 aliphatic rings. The summed E-state index contributed by atoms with van der Waals surface area (Å²) in [5, 5.41) is 11.1. The van der Waals surface area contributed by atoms with Crippen molar-refractivity contribution in [1.82, 2.24) is 5.32 Å². The first-order chi connectivity index (χ1) is 5.15. The predicted molar refractivity (Wildman–Crippen MR) is 37.9 cm³/mol. The molecular formula is C7H9NO3. The van der Waals surface area contributed by atoms with Crippen molar-refractivity contribution in [3.05, 3.63) is 12.7 Å². The average Bonchev–Trinajstić information content (AvgIpc) is 1.85. The van der Waals surface area contributed by atoms with Gasteiger partial charge in [0.1, 0.15) is 0 Å². The molecule has 11 heavy (non-hydrogen) atoms. The summed E-state index contributed by atoms with van der Waals surface area (Å²) in [5.74, 6) is -1.68. The summed E-state index contributed by atoms with van der Waals surface area (Å²) in [6.07, 6.45) is 1.63. The van der Waals surface area contributed by atoms with Gasteiger partial charge in [-0.2, -0.15) is 0 Å². The Morgan fingerprint density at radius 3 is 2.73 bits per heavy atom. The largest absolute Gasteiger partial charge is 0.481 e. The van der Waals surface area contributed by atoms with Crippen LogP contribution in [0.1, 0.15) is 6.42 Å². The minimum atomic E-state index is -0.940. The molecule has 2 unspecified atom stereocenters. The molecule has 0 aromatic rings. The van der Waals surface area contributed by atoms with E-state index in [9.17, 15) is 9.59 Å². The summed E-state index contributed by atoms with van der Waals surface area (Å²) in [4.78, 5) is 20.9. The van der Waals surface area contributed by atoms with Crippen LogP contribution in [-0.2, 0) is 9.59 Å². The molecule has 1 amide bonds. The number of carboxylic acids is 1. The molecule has 1 aliphatic heterocycles. The maximum atomic E-state index is 10.4. The topological polar surface area (TPSA) is 66.4 Å². The number of hydrogen-bond donors (Lipinski definition) is 2. The van der Waals surface area contributed by atoms with E-state index in [1.807, 2.05) is 0 Å². The minimum Gasteiger partial charge on any atom is -0.481 e. The normalized spacial score (nSPS) is 24.7. The van der Waals surface area contributed by atoms with Gasteiger partial charge in [0.05, 0.1) is 12.0 Å². The van der Waals surface area contributed by atoms with Gasteiger partial charge in [-0.05, 0) is 0 Å². The van der Waals surface area contributed by atoms with Crippen LogP contribution in [0.4, 0.5) is 0 Å². The summed E-state index contributed by atoms with van der Waals surface area (Å²) in [6.45, 7) is 3.38. The number of hydrogen-bond acceptors (Lipinski definition) is 2. The zero-order valence-electron chi connectivity index (χ0n) is 5.91. The van der Waals surface area contributed by atoms with E-state index in [1.165, 1.54) is 6.08 Å². The third kappa shape index (κ3) is 1.39. The van der Waals surface area contributed by atoms with Crippen LogP contribution in [-0.4, -0.2) is 23.0 Å². The Labute approximate surface area is 63.9 Å². The zero-order chi connectivity index (χ0) is 8.43. The molecule has 0 spiro atoms. The first kappa shape index (κ1) is 7.78. The fourth-order valence-electron chi connectivity index (χ4n) is 1.04. The lowest BCUT2D eigenvalue weighted by molar-refractivity contribution is -0.143. The van der Waals surface area contributed by atoms with Gasteiger partial charge in [-0.1, -0.05) is 6.08 Å². The van der Waals surface area contributed by atoms with E-state index < -0.39 is 11.9 Å². The molecule has 0 radical (unpaired) electrons. The van der Waals surface area contributed by atoms with Crippen molar-refractivity contribution < 1.29 is 14.7 Å². The Morgan fingerprint density at radius 1 is 1.91 bits per heavy atom. The number of aliphatic carboxylic acids is 1. The molecule has 2 N–H and O–H groups in total. The van der Waals surface area contributed by atoms with Crippen molar-refractivity contribution in [1.29, 1.82) is 0 Å². The molecule has 1 fully saturated rings. The average molecular weight is 155 g/mol. The third-order valence-electron chi connectivity index (χ3n) is 1.72. The van der Waals surface area contributed by atoms with Crippen LogP contribution in [0.5, 0.6) is 0 Å². The molecule has 0 aromatic heterocycles. The van der Waals surface area contributed by atoms with Crippen LogP contribution < -0.4 is 5.32 Å². The van der Waals surface area contributed by atoms with Crippen LogP contribution in [0.25, 0.3) is 0 Å². The second-order valence-corrected chi connectivity index (χ2v) is 2.48. The van der Waals surface area contributed by atoms with Gasteiger partial charge in [-0.3, -0.25) is 9.59 Å². The van der Waals surface area contributed by atoms with Crippen LogP contribution in [0, 0.1) is 5.92 Å². The maximum absolute atomic E-state index is 10.4. The van der Waals surface area contributed by atoms with Gasteiger partial charge < -0.3 is 10.4 Å². The Bertz CT molecular complexity index is 204. The second kappa shape index (κ2) is 2.74. The van der Waals surface area contributed by atoms with Crippen molar-refractivity contribution in [2.24, 2.45) is 5.92 Å². The lowest BCUT2D eigenvalue weighted by Crippen LogP contribution is -2.54. The Hall–Kier alpha value is -1.32. The molecule has 0 aromatic carbocycles. The lowest BCUT2D eigenvalue weighted by atomic mass is 9.91. The van der Waals surface area contributed by atoms with Crippen molar-refractivity contribution >= 4 is 11.9 Å². The first-order valence-corrected chi connectivity index (χ1v) is 3.30. The molecule has 0 saturated carbocycles. The van der Waals surface area contributed by atoms with Crippen LogP contribution in [0.15, 0.2) is 12.7 Å². The van der Waals surface area contributed by atoms with Crippen LogP contribution >= 0.6 is 0 Å². The monoisotopic (exact) mass is 155 g/mol. The molecule has 1 rings (SSSR count). The number of rotatable bonds is 3. The minimum absolute atomic E-state index is 0.0944. The smallest absolute Gasteiger partial charge is 0.312 e. The molecule has 4 nitrogen and oxygen atoms in total. The van der Waals surface area contributed by atoms with Crippen LogP contribution in [0.2, 0.25) is 0 Å². The van der Waals surface area contributed by atoms with E-state index in [0.717, 1.165) is 0 Å². The Morgan fingerprint density at radius 2 is 2.45 bits per heavy atom. The number of nitrogens with one attached hydrogen (secondary N) is 1. The molecule has 0 aliphatic carbocycles. The van der Waals surface area contributed by atoms with Gasteiger partial charge in [-0.15, -0.1) is 6.58 Å². The van der Waals surface area contributed by atoms with E-state index in [-0.39, 0.29) is 11.9 Å². The highest BCUT2D eigenvalue weighted by molar-refractivity contribution is 5.86. The molecule has 60 valence electrons. The number of carbonyl (C=O) groups excluding carboxylic acids is 1. The van der Waals surface area contributed by atoms with E-state index in [4.69, 9.17) is 5.11 Å². The second-order valence-electron chi connectivity index (χ2n) is 2.48. The summed E-state index contributed by atoms with van der Waals surface area (Å²) in [7, 11) is 0. The number of β-lactam (4-membered cyclic amide) rings is 1. The van der Waals surface area contributed by atoms with Gasteiger partial charge in [-0.25, -0.2) is 0 Å². The van der Waals surface area contributed by atoms with E-state index in [0.29, 0.717) is 6.42 Å². The van der Waals surface area contributed by atoms with Gasteiger partial charge in [0.15, 0.2) is 0 Å². The highest BCUT2D eigenvalue weighted by atomic mass is 16.4. The first-order valence-electron chi connectivity index (χ1n) is 3.30. The molecule has 2 atom stereocenters. The highest BCUT2D eigenvalue weighted by Gasteiger charge is 2.35. The Kier molecular flexibility index (Phi) is 1.94. The van der Waals surface area contributed by atoms with Crippen molar-refractivity contribution in [3.63, 3.8) is 0 Å². The molecule has 4 heteroatoms. The lowest BCUT2D eigenvalue weighted by Gasteiger charge is -2.30. The van der Waals surface area contributed by atoms with Gasteiger partial charge in [0.25, 0.3) is 0 Å². The number of amides is 1.